The highest BCUT2D eigenvalue weighted by Crippen LogP contribution is 2.44. The van der Waals surface area contributed by atoms with Crippen LogP contribution in [0.15, 0.2) is 29.2 Å². The third-order valence-electron chi connectivity index (χ3n) is 4.66. The van der Waals surface area contributed by atoms with Gasteiger partial charge in [0, 0.05) is 32.4 Å². The molecule has 0 unspecified atom stereocenters. The zero-order valence-electron chi connectivity index (χ0n) is 15.9. The first kappa shape index (κ1) is 20.0. The summed E-state index contributed by atoms with van der Waals surface area (Å²) in [5.41, 5.74) is 2.19. The second-order valence-corrected chi connectivity index (χ2v) is 8.68. The van der Waals surface area contributed by atoms with Gasteiger partial charge in [-0.15, -0.1) is 0 Å². The van der Waals surface area contributed by atoms with Gasteiger partial charge in [-0.2, -0.15) is 0 Å². The summed E-state index contributed by atoms with van der Waals surface area (Å²) in [4.78, 5) is 30.0. The molecule has 2 heterocycles. The van der Waals surface area contributed by atoms with Crippen molar-refractivity contribution in [1.29, 1.82) is 0 Å². The Hall–Kier alpha value is -1.70. The fraction of sp³-hybridized carbons (Fsp3) is 0.450. The Kier molecular flexibility index (Phi) is 6.34. The van der Waals surface area contributed by atoms with Gasteiger partial charge < -0.3 is 9.64 Å². The van der Waals surface area contributed by atoms with Crippen molar-refractivity contribution < 1.29 is 14.3 Å². The van der Waals surface area contributed by atoms with Crippen LogP contribution in [0.5, 0.6) is 0 Å². The van der Waals surface area contributed by atoms with Crippen molar-refractivity contribution in [1.82, 2.24) is 4.90 Å². The van der Waals surface area contributed by atoms with E-state index in [-0.39, 0.29) is 11.8 Å². The molecule has 1 saturated heterocycles. The highest BCUT2D eigenvalue weighted by Gasteiger charge is 2.41. The van der Waals surface area contributed by atoms with E-state index in [1.807, 2.05) is 24.3 Å². The number of carbonyl (C=O) groups is 2. The first-order valence-electron chi connectivity index (χ1n) is 9.13. The molecule has 3 rings (SSSR count). The molecule has 0 aliphatic carbocycles. The molecule has 27 heavy (non-hydrogen) atoms. The van der Waals surface area contributed by atoms with Crippen LogP contribution in [0.3, 0.4) is 0 Å². The first-order chi connectivity index (χ1) is 13.0. The van der Waals surface area contributed by atoms with E-state index in [1.54, 1.807) is 16.9 Å². The van der Waals surface area contributed by atoms with Crippen LogP contribution >= 0.6 is 24.0 Å². The summed E-state index contributed by atoms with van der Waals surface area (Å²) in [5, 5.41) is 0. The average molecular weight is 405 g/mol. The summed E-state index contributed by atoms with van der Waals surface area (Å²) in [6, 6.07) is 7.68. The summed E-state index contributed by atoms with van der Waals surface area (Å²) in [6.07, 6.45) is 1.61. The molecule has 0 N–H and O–H groups in total. The van der Waals surface area contributed by atoms with Crippen molar-refractivity contribution >= 4 is 51.4 Å². The number of thiocarbonyl (C=S) groups is 1. The van der Waals surface area contributed by atoms with E-state index in [2.05, 4.69) is 13.8 Å². The Morgan fingerprint density at radius 2 is 1.85 bits per heavy atom. The summed E-state index contributed by atoms with van der Waals surface area (Å²) in [5.74, 6) is 0.215. The maximum atomic E-state index is 13.2. The maximum absolute atomic E-state index is 13.2. The van der Waals surface area contributed by atoms with Gasteiger partial charge in [0.1, 0.15) is 4.32 Å². The number of carbonyl (C=O) groups excluding carboxylic acids is 2. The first-order valence-corrected chi connectivity index (χ1v) is 10.4. The van der Waals surface area contributed by atoms with Crippen LogP contribution in [0, 0.1) is 5.92 Å². The lowest BCUT2D eigenvalue weighted by Crippen LogP contribution is -2.31. The fourth-order valence-electron chi connectivity index (χ4n) is 3.22. The molecule has 0 radical (unpaired) electrons. The predicted octanol–water partition coefficient (Wildman–Crippen LogP) is 3.69. The lowest BCUT2D eigenvalue weighted by Gasteiger charge is -2.18. The number of thioether (sulfide) groups is 1. The second-order valence-electron chi connectivity index (χ2n) is 7.03. The average Bonchev–Trinajstić information content (AvgIpc) is 3.07. The molecule has 0 spiro atoms. The van der Waals surface area contributed by atoms with E-state index in [1.165, 1.54) is 11.8 Å². The van der Waals surface area contributed by atoms with Crippen LogP contribution < -0.4 is 4.90 Å². The number of hydrogen-bond donors (Lipinski definition) is 0. The Bertz CT molecular complexity index is 804. The van der Waals surface area contributed by atoms with Crippen molar-refractivity contribution in [3.63, 3.8) is 0 Å². The number of para-hydroxylation sites is 1. The number of ether oxygens (including phenoxy) is 1. The molecule has 2 amide bonds. The van der Waals surface area contributed by atoms with Crippen molar-refractivity contribution in [2.24, 2.45) is 5.92 Å². The summed E-state index contributed by atoms with van der Waals surface area (Å²) in [6.45, 7) is 5.98. The van der Waals surface area contributed by atoms with Gasteiger partial charge >= 0.3 is 0 Å². The van der Waals surface area contributed by atoms with Crippen molar-refractivity contribution in [3.05, 3.63) is 34.7 Å². The van der Waals surface area contributed by atoms with Crippen LogP contribution in [0.2, 0.25) is 0 Å². The number of rotatable bonds is 7. The third-order valence-corrected chi connectivity index (χ3v) is 6.11. The van der Waals surface area contributed by atoms with Crippen LogP contribution in [0.4, 0.5) is 5.69 Å². The van der Waals surface area contributed by atoms with Crippen LogP contribution in [-0.4, -0.2) is 47.8 Å². The van der Waals surface area contributed by atoms with Crippen molar-refractivity contribution in [3.8, 4) is 0 Å². The zero-order valence-corrected chi connectivity index (χ0v) is 17.5. The second kappa shape index (κ2) is 8.54. The number of methoxy groups -OCH3 is 1. The van der Waals surface area contributed by atoms with E-state index in [4.69, 9.17) is 17.0 Å². The normalized spacial score (nSPS) is 19.6. The van der Waals surface area contributed by atoms with Gasteiger partial charge in [0.2, 0.25) is 0 Å². The van der Waals surface area contributed by atoms with Gasteiger partial charge in [-0.3, -0.25) is 14.5 Å². The number of hydrogen-bond acceptors (Lipinski definition) is 5. The lowest BCUT2D eigenvalue weighted by atomic mass is 10.1. The molecular weight excluding hydrogens is 380 g/mol. The highest BCUT2D eigenvalue weighted by atomic mass is 32.2. The topological polar surface area (TPSA) is 49.9 Å². The van der Waals surface area contributed by atoms with Gasteiger partial charge in [-0.05, 0) is 24.8 Å². The van der Waals surface area contributed by atoms with Gasteiger partial charge in [-0.1, -0.05) is 56.0 Å². The van der Waals surface area contributed by atoms with E-state index in [9.17, 15) is 9.59 Å². The van der Waals surface area contributed by atoms with Crippen LogP contribution in [0.25, 0.3) is 5.57 Å². The molecule has 7 heteroatoms. The Balaban J connectivity index is 1.94. The number of fused-ring (bicyclic) bond motifs is 1. The molecule has 1 aromatic carbocycles. The van der Waals surface area contributed by atoms with Crippen molar-refractivity contribution in [2.45, 2.75) is 26.7 Å². The van der Waals surface area contributed by atoms with Gasteiger partial charge in [0.05, 0.1) is 16.2 Å². The predicted molar refractivity (Wildman–Crippen MR) is 114 cm³/mol. The SMILES string of the molecule is COCCCN1C(=O)/C(=C2/C(=O)N(CCC(C)C)c3ccccc32)SC1=S. The standard InChI is InChI=1S/C20H24N2O3S2/c1-13(2)9-11-21-15-8-5-4-7-14(15)16(18(21)23)17-19(24)22(20(26)27-17)10-6-12-25-3/h4-5,7-8,13H,6,9-12H2,1-3H3/b17-16-. The number of benzene rings is 1. The molecule has 5 nitrogen and oxygen atoms in total. The Morgan fingerprint density at radius 3 is 2.56 bits per heavy atom. The molecule has 144 valence electrons. The Labute approximate surface area is 169 Å². The third kappa shape index (κ3) is 3.95. The molecule has 0 saturated carbocycles. The fourth-order valence-corrected chi connectivity index (χ4v) is 4.60. The smallest absolute Gasteiger partial charge is 0.267 e. The minimum absolute atomic E-state index is 0.103. The molecule has 2 aliphatic heterocycles. The molecule has 2 aliphatic rings. The molecule has 0 bridgehead atoms. The van der Waals surface area contributed by atoms with Crippen molar-refractivity contribution in [2.75, 3.05) is 31.7 Å². The van der Waals surface area contributed by atoms with E-state index in [0.717, 1.165) is 17.7 Å². The molecule has 1 fully saturated rings. The zero-order chi connectivity index (χ0) is 19.6. The quantitative estimate of drug-likeness (QED) is 0.394. The van der Waals surface area contributed by atoms with Gasteiger partial charge in [0.15, 0.2) is 0 Å². The maximum Gasteiger partial charge on any atom is 0.267 e. The Morgan fingerprint density at radius 1 is 1.11 bits per heavy atom. The molecular formula is C20H24N2O3S2. The lowest BCUT2D eigenvalue weighted by molar-refractivity contribution is -0.122. The minimum Gasteiger partial charge on any atom is -0.385 e. The summed E-state index contributed by atoms with van der Waals surface area (Å²) in [7, 11) is 1.63. The molecule has 1 aromatic rings. The molecule has 0 atom stereocenters. The monoisotopic (exact) mass is 404 g/mol. The highest BCUT2D eigenvalue weighted by molar-refractivity contribution is 8.26. The largest absolute Gasteiger partial charge is 0.385 e. The van der Waals surface area contributed by atoms with Gasteiger partial charge in [0.25, 0.3) is 11.8 Å². The summed E-state index contributed by atoms with van der Waals surface area (Å²) >= 11 is 6.63. The number of nitrogens with zero attached hydrogens (tertiary/aromatic N) is 2. The van der Waals surface area contributed by atoms with Crippen LogP contribution in [-0.2, 0) is 14.3 Å². The van der Waals surface area contributed by atoms with Crippen LogP contribution in [0.1, 0.15) is 32.3 Å². The molecule has 0 aromatic heterocycles. The number of anilines is 1. The van der Waals surface area contributed by atoms with E-state index >= 15 is 0 Å². The van der Waals surface area contributed by atoms with E-state index < -0.39 is 0 Å². The van der Waals surface area contributed by atoms with E-state index in [0.29, 0.717) is 46.8 Å². The summed E-state index contributed by atoms with van der Waals surface area (Å²) < 4.78 is 5.57. The number of amides is 2. The van der Waals surface area contributed by atoms with Gasteiger partial charge in [-0.25, -0.2) is 0 Å². The minimum atomic E-state index is -0.176.